The summed E-state index contributed by atoms with van der Waals surface area (Å²) in [6, 6.07) is 17.8. The Morgan fingerprint density at radius 3 is 2.56 bits per heavy atom. The van der Waals surface area contributed by atoms with Crippen LogP contribution in [0.4, 0.5) is 5.69 Å². The molecule has 0 radical (unpaired) electrons. The van der Waals surface area contributed by atoms with Gasteiger partial charge in [-0.3, -0.25) is 14.6 Å². The van der Waals surface area contributed by atoms with Gasteiger partial charge in [-0.2, -0.15) is 0 Å². The van der Waals surface area contributed by atoms with Crippen LogP contribution in [0, 0.1) is 18.3 Å². The van der Waals surface area contributed by atoms with Gasteiger partial charge in [-0.05, 0) is 73.9 Å². The minimum Gasteiger partial charge on any atom is -0.339 e. The lowest BCUT2D eigenvalue weighted by Crippen LogP contribution is -2.40. The van der Waals surface area contributed by atoms with Gasteiger partial charge in [-0.15, -0.1) is 0 Å². The van der Waals surface area contributed by atoms with Crippen LogP contribution in [0.15, 0.2) is 54.6 Å². The van der Waals surface area contributed by atoms with Crippen LogP contribution < -0.4 is 5.32 Å². The van der Waals surface area contributed by atoms with E-state index in [1.165, 1.54) is 5.56 Å². The number of aromatic nitrogens is 1. The van der Waals surface area contributed by atoms with Crippen LogP contribution in [0.1, 0.15) is 47.8 Å². The zero-order chi connectivity index (χ0) is 22.3. The zero-order valence-electron chi connectivity index (χ0n) is 18.7. The van der Waals surface area contributed by atoms with Gasteiger partial charge in [0.2, 0.25) is 5.91 Å². The number of nitrogens with one attached hydrogen (secondary N) is 1. The van der Waals surface area contributed by atoms with Crippen molar-refractivity contribution in [1.82, 2.24) is 9.88 Å². The van der Waals surface area contributed by atoms with E-state index >= 15 is 0 Å². The van der Waals surface area contributed by atoms with E-state index in [9.17, 15) is 9.59 Å². The summed E-state index contributed by atoms with van der Waals surface area (Å²) >= 11 is 0. The summed E-state index contributed by atoms with van der Waals surface area (Å²) in [5.74, 6) is 0.240. The number of nitrogens with zero attached hydrogens (tertiary/aromatic N) is 2. The Labute approximate surface area is 188 Å². The van der Waals surface area contributed by atoms with Gasteiger partial charge < -0.3 is 10.2 Å². The van der Waals surface area contributed by atoms with Crippen LogP contribution in [0.3, 0.4) is 0 Å². The minimum absolute atomic E-state index is 0.0519. The highest BCUT2D eigenvalue weighted by molar-refractivity contribution is 6.06. The van der Waals surface area contributed by atoms with Crippen molar-refractivity contribution in [2.75, 3.05) is 18.4 Å². The van der Waals surface area contributed by atoms with Crippen molar-refractivity contribution in [3.63, 3.8) is 0 Å². The number of para-hydroxylation sites is 1. The predicted molar refractivity (Wildman–Crippen MR) is 127 cm³/mol. The average Bonchev–Trinajstić information content (AvgIpc) is 3.52. The average molecular weight is 428 g/mol. The summed E-state index contributed by atoms with van der Waals surface area (Å²) in [4.78, 5) is 32.8. The van der Waals surface area contributed by atoms with Crippen LogP contribution >= 0.6 is 0 Å². The van der Waals surface area contributed by atoms with Crippen LogP contribution in [-0.2, 0) is 11.2 Å². The summed E-state index contributed by atoms with van der Waals surface area (Å²) in [6.45, 7) is 5.46. The first-order valence-corrected chi connectivity index (χ1v) is 11.5. The molecule has 1 saturated heterocycles. The second-order valence-corrected chi connectivity index (χ2v) is 9.28. The fourth-order valence-electron chi connectivity index (χ4n) is 5.15. The minimum atomic E-state index is 0.0519. The molecule has 1 atom stereocenters. The van der Waals surface area contributed by atoms with Crippen LogP contribution in [0.5, 0.6) is 0 Å². The number of hydrogen-bond donors (Lipinski definition) is 1. The summed E-state index contributed by atoms with van der Waals surface area (Å²) in [5, 5.41) is 3.98. The fourth-order valence-corrected chi connectivity index (χ4v) is 5.15. The van der Waals surface area contributed by atoms with Crippen molar-refractivity contribution in [1.29, 1.82) is 0 Å². The summed E-state index contributed by atoms with van der Waals surface area (Å²) in [7, 11) is 0. The van der Waals surface area contributed by atoms with Crippen LogP contribution in [0.2, 0.25) is 0 Å². The third-order valence-corrected chi connectivity index (χ3v) is 7.23. The second-order valence-electron chi connectivity index (χ2n) is 9.28. The number of pyridine rings is 1. The van der Waals surface area contributed by atoms with Crippen molar-refractivity contribution in [2.45, 2.75) is 39.5 Å². The molecule has 0 unspecified atom stereocenters. The van der Waals surface area contributed by atoms with Gasteiger partial charge in [-0.25, -0.2) is 0 Å². The Morgan fingerprint density at radius 2 is 1.84 bits per heavy atom. The van der Waals surface area contributed by atoms with E-state index in [4.69, 9.17) is 0 Å². The zero-order valence-corrected chi connectivity index (χ0v) is 18.7. The first kappa shape index (κ1) is 20.7. The smallest absolute Gasteiger partial charge is 0.254 e. The Hall–Kier alpha value is -3.21. The maximum absolute atomic E-state index is 13.5. The Balaban J connectivity index is 1.28. The number of likely N-dealkylation sites (tertiary alicyclic amines) is 1. The number of piperidine rings is 1. The molecule has 2 amide bonds. The van der Waals surface area contributed by atoms with Crippen molar-refractivity contribution in [3.05, 3.63) is 71.4 Å². The number of anilines is 1. The molecule has 5 nitrogen and oxygen atoms in total. The maximum atomic E-state index is 13.5. The number of rotatable bonds is 4. The van der Waals surface area contributed by atoms with Gasteiger partial charge >= 0.3 is 0 Å². The van der Waals surface area contributed by atoms with Crippen molar-refractivity contribution < 1.29 is 9.59 Å². The Kier molecular flexibility index (Phi) is 5.20. The molecule has 164 valence electrons. The molecule has 5 heteroatoms. The number of amides is 2. The first-order valence-electron chi connectivity index (χ1n) is 11.5. The molecule has 1 aliphatic heterocycles. The lowest BCUT2D eigenvalue weighted by molar-refractivity contribution is -0.118. The lowest BCUT2D eigenvalue weighted by Gasteiger charge is -2.33. The highest BCUT2D eigenvalue weighted by atomic mass is 16.2. The van der Waals surface area contributed by atoms with E-state index in [1.807, 2.05) is 54.3 Å². The molecular formula is C27H29N3O2. The van der Waals surface area contributed by atoms with Crippen molar-refractivity contribution in [2.24, 2.45) is 11.3 Å². The number of benzene rings is 2. The topological polar surface area (TPSA) is 62.3 Å². The fraction of sp³-hybridized carbons (Fsp3) is 0.370. The summed E-state index contributed by atoms with van der Waals surface area (Å²) in [6.07, 6.45) is 3.61. The number of hydrogen-bond acceptors (Lipinski definition) is 3. The van der Waals surface area contributed by atoms with Gasteiger partial charge in [0, 0.05) is 35.8 Å². The molecule has 2 aliphatic rings. The SMILES string of the molecule is CCc1ccc2nc(C)cc(C(=O)N3CCC4(CC3)C[C@@H]4C(=O)Nc3ccccc3)c2c1. The first-order chi connectivity index (χ1) is 15.5. The normalized spacial score (nSPS) is 19.2. The molecule has 32 heavy (non-hydrogen) atoms. The van der Waals surface area contributed by atoms with E-state index in [2.05, 4.69) is 29.4 Å². The van der Waals surface area contributed by atoms with E-state index in [0.717, 1.165) is 53.5 Å². The maximum Gasteiger partial charge on any atom is 0.254 e. The number of aryl methyl sites for hydroxylation is 2. The molecule has 3 aromatic rings. The molecule has 1 saturated carbocycles. The van der Waals surface area contributed by atoms with Gasteiger partial charge in [0.15, 0.2) is 0 Å². The van der Waals surface area contributed by atoms with Crippen molar-refractivity contribution >= 4 is 28.4 Å². The highest BCUT2D eigenvalue weighted by Gasteiger charge is 2.58. The molecule has 1 N–H and O–H groups in total. The lowest BCUT2D eigenvalue weighted by atomic mass is 9.90. The molecular weight excluding hydrogens is 398 g/mol. The molecule has 1 aliphatic carbocycles. The summed E-state index contributed by atoms with van der Waals surface area (Å²) in [5.41, 5.74) is 4.59. The van der Waals surface area contributed by atoms with Gasteiger partial charge in [0.1, 0.15) is 0 Å². The largest absolute Gasteiger partial charge is 0.339 e. The molecule has 2 fully saturated rings. The van der Waals surface area contributed by atoms with Gasteiger partial charge in [0.05, 0.1) is 11.1 Å². The predicted octanol–water partition coefficient (Wildman–Crippen LogP) is 4.99. The van der Waals surface area contributed by atoms with Crippen molar-refractivity contribution in [3.8, 4) is 0 Å². The van der Waals surface area contributed by atoms with Gasteiger partial charge in [0.25, 0.3) is 5.91 Å². The van der Waals surface area contributed by atoms with Crippen LogP contribution in [-0.4, -0.2) is 34.8 Å². The molecule has 0 bridgehead atoms. The Bertz CT molecular complexity index is 1180. The Morgan fingerprint density at radius 1 is 1.09 bits per heavy atom. The molecule has 2 heterocycles. The third kappa shape index (κ3) is 3.77. The summed E-state index contributed by atoms with van der Waals surface area (Å²) < 4.78 is 0. The van der Waals surface area contributed by atoms with Crippen LogP contribution in [0.25, 0.3) is 10.9 Å². The molecule has 1 aromatic heterocycles. The van der Waals surface area contributed by atoms with E-state index in [-0.39, 0.29) is 23.1 Å². The van der Waals surface area contributed by atoms with E-state index in [1.54, 1.807) is 0 Å². The van der Waals surface area contributed by atoms with Gasteiger partial charge in [-0.1, -0.05) is 31.2 Å². The highest BCUT2D eigenvalue weighted by Crippen LogP contribution is 2.59. The third-order valence-electron chi connectivity index (χ3n) is 7.23. The van der Waals surface area contributed by atoms with E-state index < -0.39 is 0 Å². The second kappa shape index (κ2) is 8.05. The quantitative estimate of drug-likeness (QED) is 0.638. The monoisotopic (exact) mass is 427 g/mol. The van der Waals surface area contributed by atoms with E-state index in [0.29, 0.717) is 13.1 Å². The standard InChI is InChI=1S/C27H29N3O2/c1-3-19-9-10-24-21(16-19)22(15-18(2)28-24)26(32)30-13-11-27(12-14-30)17-23(27)25(31)29-20-7-5-4-6-8-20/h4-10,15-16,23H,3,11-14,17H2,1-2H3,(H,29,31)/t23-/m1/s1. The number of carbonyl (C=O) groups excluding carboxylic acids is 2. The number of carbonyl (C=O) groups is 2. The molecule has 1 spiro atoms. The molecule has 5 rings (SSSR count). The molecule has 2 aromatic carbocycles. The number of fused-ring (bicyclic) bond motifs is 1.